The van der Waals surface area contributed by atoms with E-state index in [0.29, 0.717) is 12.5 Å². The van der Waals surface area contributed by atoms with Crippen molar-refractivity contribution >= 4 is 6.03 Å². The molecule has 0 radical (unpaired) electrons. The number of urea groups is 1. The average molecular weight is 306 g/mol. The Hall–Kier alpha value is -1.52. The van der Waals surface area contributed by atoms with Gasteiger partial charge >= 0.3 is 6.03 Å². The molecule has 2 heterocycles. The third-order valence-corrected chi connectivity index (χ3v) is 4.80. The molecule has 124 valence electrons. The molecule has 1 atom stereocenters. The third-order valence-electron chi connectivity index (χ3n) is 4.80. The highest BCUT2D eigenvalue weighted by Gasteiger charge is 2.24. The molecule has 0 unspecified atom stereocenters. The van der Waals surface area contributed by atoms with Gasteiger partial charge in [0.1, 0.15) is 5.82 Å². The van der Waals surface area contributed by atoms with Crippen LogP contribution in [0.3, 0.4) is 0 Å². The highest BCUT2D eigenvalue weighted by Crippen LogP contribution is 2.24. The van der Waals surface area contributed by atoms with E-state index >= 15 is 0 Å². The number of nitrogens with one attached hydrogen (secondary N) is 1. The summed E-state index contributed by atoms with van der Waals surface area (Å²) in [5.41, 5.74) is 0. The van der Waals surface area contributed by atoms with Crippen LogP contribution in [0.15, 0.2) is 12.4 Å². The number of aryl methyl sites for hydroxylation is 1. The quantitative estimate of drug-likeness (QED) is 0.909. The minimum atomic E-state index is 0.0939. The Morgan fingerprint density at radius 2 is 2.05 bits per heavy atom. The predicted octanol–water partition coefficient (Wildman–Crippen LogP) is 2.91. The molecule has 1 aromatic heterocycles. The van der Waals surface area contributed by atoms with Gasteiger partial charge in [0.15, 0.2) is 0 Å². The van der Waals surface area contributed by atoms with E-state index in [0.717, 1.165) is 50.1 Å². The summed E-state index contributed by atoms with van der Waals surface area (Å²) in [6.07, 6.45) is 6.08. The summed E-state index contributed by atoms with van der Waals surface area (Å²) in [4.78, 5) is 18.4. The van der Waals surface area contributed by atoms with Crippen LogP contribution < -0.4 is 5.32 Å². The molecular weight excluding hydrogens is 276 g/mol. The van der Waals surface area contributed by atoms with Crippen molar-refractivity contribution < 1.29 is 4.79 Å². The van der Waals surface area contributed by atoms with Gasteiger partial charge in [-0.15, -0.1) is 0 Å². The molecule has 2 amide bonds. The molecule has 1 aliphatic heterocycles. The van der Waals surface area contributed by atoms with Gasteiger partial charge in [0.2, 0.25) is 0 Å². The first kappa shape index (κ1) is 16.8. The number of rotatable bonds is 5. The standard InChI is InChI=1S/C17H30N4O/c1-13(2)16-5-8-20(9-6-16)17(22)19-11-14(3)12-21-10-7-18-15(21)4/h7,10,13-14,16H,5-6,8-9,11-12H2,1-4H3,(H,19,22)/t14-/m1/s1. The van der Waals surface area contributed by atoms with E-state index < -0.39 is 0 Å². The molecule has 22 heavy (non-hydrogen) atoms. The third kappa shape index (κ3) is 4.49. The van der Waals surface area contributed by atoms with E-state index in [-0.39, 0.29) is 6.03 Å². The Bertz CT molecular complexity index is 475. The lowest BCUT2D eigenvalue weighted by atomic mass is 9.87. The number of carbonyl (C=O) groups is 1. The van der Waals surface area contributed by atoms with Crippen molar-refractivity contribution in [1.82, 2.24) is 19.8 Å². The second kappa shape index (κ2) is 7.65. The molecule has 5 nitrogen and oxygen atoms in total. The summed E-state index contributed by atoms with van der Waals surface area (Å²) in [5.74, 6) is 2.91. The number of imidazole rings is 1. The van der Waals surface area contributed by atoms with Gasteiger partial charge in [0.05, 0.1) is 0 Å². The van der Waals surface area contributed by atoms with Crippen molar-refractivity contribution in [2.75, 3.05) is 19.6 Å². The fraction of sp³-hybridized carbons (Fsp3) is 0.765. The van der Waals surface area contributed by atoms with Crippen molar-refractivity contribution in [3.05, 3.63) is 18.2 Å². The number of hydrogen-bond donors (Lipinski definition) is 1. The van der Waals surface area contributed by atoms with Crippen molar-refractivity contribution in [1.29, 1.82) is 0 Å². The molecule has 1 aliphatic rings. The first-order valence-corrected chi connectivity index (χ1v) is 8.48. The van der Waals surface area contributed by atoms with Gasteiger partial charge in [-0.1, -0.05) is 20.8 Å². The first-order chi connectivity index (χ1) is 10.5. The molecule has 0 aliphatic carbocycles. The van der Waals surface area contributed by atoms with Crippen LogP contribution >= 0.6 is 0 Å². The van der Waals surface area contributed by atoms with Crippen LogP contribution in [0.25, 0.3) is 0 Å². The summed E-state index contributed by atoms with van der Waals surface area (Å²) < 4.78 is 2.13. The normalized spacial score (nSPS) is 17.8. The molecule has 0 spiro atoms. The molecule has 1 N–H and O–H groups in total. The number of aromatic nitrogens is 2. The Morgan fingerprint density at radius 3 is 2.59 bits per heavy atom. The number of amides is 2. The lowest BCUT2D eigenvalue weighted by Gasteiger charge is -2.34. The number of nitrogens with zero attached hydrogens (tertiary/aromatic N) is 3. The zero-order valence-electron chi connectivity index (χ0n) is 14.4. The minimum absolute atomic E-state index is 0.0939. The lowest BCUT2D eigenvalue weighted by molar-refractivity contribution is 0.155. The zero-order chi connectivity index (χ0) is 16.1. The Balaban J connectivity index is 1.70. The summed E-state index contributed by atoms with van der Waals surface area (Å²) >= 11 is 0. The number of piperidine rings is 1. The summed E-state index contributed by atoms with van der Waals surface area (Å²) in [5, 5.41) is 3.08. The summed E-state index contributed by atoms with van der Waals surface area (Å²) in [6.45, 7) is 12.1. The SMILES string of the molecule is Cc1nccn1C[C@H](C)CNC(=O)N1CCC(C(C)C)CC1. The summed E-state index contributed by atoms with van der Waals surface area (Å²) in [7, 11) is 0. The highest BCUT2D eigenvalue weighted by atomic mass is 16.2. The number of likely N-dealkylation sites (tertiary alicyclic amines) is 1. The van der Waals surface area contributed by atoms with Gasteiger partial charge in [0.25, 0.3) is 0 Å². The lowest BCUT2D eigenvalue weighted by Crippen LogP contribution is -2.46. The van der Waals surface area contributed by atoms with Crippen molar-refractivity contribution in [3.8, 4) is 0 Å². The molecule has 5 heteroatoms. The van der Waals surface area contributed by atoms with E-state index in [1.54, 1.807) is 0 Å². The fourth-order valence-corrected chi connectivity index (χ4v) is 3.14. The van der Waals surface area contributed by atoms with E-state index in [4.69, 9.17) is 0 Å². The zero-order valence-corrected chi connectivity index (χ0v) is 14.4. The molecule has 1 aromatic rings. The molecule has 2 rings (SSSR count). The Kier molecular flexibility index (Phi) is 5.86. The van der Waals surface area contributed by atoms with E-state index in [1.807, 2.05) is 24.2 Å². The number of carbonyl (C=O) groups excluding carboxylic acids is 1. The van der Waals surface area contributed by atoms with Gasteiger partial charge < -0.3 is 14.8 Å². The molecule has 0 aromatic carbocycles. The molecular formula is C17H30N4O. The van der Waals surface area contributed by atoms with Gasteiger partial charge in [-0.25, -0.2) is 9.78 Å². The van der Waals surface area contributed by atoms with E-state index in [2.05, 4.69) is 35.6 Å². The molecule has 1 fully saturated rings. The van der Waals surface area contributed by atoms with Crippen molar-refractivity contribution in [2.24, 2.45) is 17.8 Å². The van der Waals surface area contributed by atoms with Crippen LogP contribution in [0.1, 0.15) is 39.4 Å². The largest absolute Gasteiger partial charge is 0.338 e. The number of hydrogen-bond acceptors (Lipinski definition) is 2. The van der Waals surface area contributed by atoms with Gasteiger partial charge in [0, 0.05) is 38.6 Å². The topological polar surface area (TPSA) is 50.2 Å². The van der Waals surface area contributed by atoms with Crippen LogP contribution in [0.5, 0.6) is 0 Å². The maximum absolute atomic E-state index is 12.2. The maximum atomic E-state index is 12.2. The molecule has 0 bridgehead atoms. The monoisotopic (exact) mass is 306 g/mol. The van der Waals surface area contributed by atoms with Gasteiger partial charge in [-0.2, -0.15) is 0 Å². The Morgan fingerprint density at radius 1 is 1.36 bits per heavy atom. The van der Waals surface area contributed by atoms with E-state index in [1.165, 1.54) is 0 Å². The van der Waals surface area contributed by atoms with Crippen molar-refractivity contribution in [2.45, 2.75) is 47.1 Å². The van der Waals surface area contributed by atoms with E-state index in [9.17, 15) is 4.79 Å². The average Bonchev–Trinajstić information content (AvgIpc) is 2.90. The maximum Gasteiger partial charge on any atom is 0.317 e. The molecule has 1 saturated heterocycles. The van der Waals surface area contributed by atoms with Crippen LogP contribution in [-0.2, 0) is 6.54 Å². The smallest absolute Gasteiger partial charge is 0.317 e. The molecule has 0 saturated carbocycles. The van der Waals surface area contributed by atoms with Crippen LogP contribution in [0.4, 0.5) is 4.79 Å². The van der Waals surface area contributed by atoms with Gasteiger partial charge in [-0.3, -0.25) is 0 Å². The van der Waals surface area contributed by atoms with Gasteiger partial charge in [-0.05, 0) is 37.5 Å². The van der Waals surface area contributed by atoms with Crippen LogP contribution in [0, 0.1) is 24.7 Å². The first-order valence-electron chi connectivity index (χ1n) is 8.48. The minimum Gasteiger partial charge on any atom is -0.338 e. The second-order valence-corrected chi connectivity index (χ2v) is 6.99. The van der Waals surface area contributed by atoms with Crippen molar-refractivity contribution in [3.63, 3.8) is 0 Å². The fourth-order valence-electron chi connectivity index (χ4n) is 3.14. The Labute approximate surface area is 134 Å². The summed E-state index contributed by atoms with van der Waals surface area (Å²) in [6, 6.07) is 0.0939. The van der Waals surface area contributed by atoms with Crippen LogP contribution in [-0.4, -0.2) is 40.1 Å². The second-order valence-electron chi connectivity index (χ2n) is 6.99. The van der Waals surface area contributed by atoms with Crippen LogP contribution in [0.2, 0.25) is 0 Å². The highest BCUT2D eigenvalue weighted by molar-refractivity contribution is 5.74. The predicted molar refractivity (Wildman–Crippen MR) is 88.7 cm³/mol.